The second-order valence-electron chi connectivity index (χ2n) is 8.23. The third kappa shape index (κ3) is 5.45. The topological polar surface area (TPSA) is 94.6 Å². The largest absolute Gasteiger partial charge is 0.493 e. The minimum Gasteiger partial charge on any atom is -0.493 e. The van der Waals surface area contributed by atoms with E-state index in [1.807, 2.05) is 31.2 Å². The van der Waals surface area contributed by atoms with Gasteiger partial charge in [0.1, 0.15) is 5.75 Å². The number of ether oxygens (including phenoxy) is 1. The number of primary amides is 1. The van der Waals surface area contributed by atoms with E-state index >= 15 is 0 Å². The van der Waals surface area contributed by atoms with Crippen LogP contribution in [0.2, 0.25) is 0 Å². The van der Waals surface area contributed by atoms with Gasteiger partial charge in [-0.3, -0.25) is 9.59 Å². The van der Waals surface area contributed by atoms with Gasteiger partial charge in [0.25, 0.3) is 0 Å². The Morgan fingerprint density at radius 3 is 2.55 bits per heavy atom. The summed E-state index contributed by atoms with van der Waals surface area (Å²) in [6.45, 7) is 9.00. The molecule has 0 radical (unpaired) electrons. The van der Waals surface area contributed by atoms with Crippen molar-refractivity contribution < 1.29 is 19.4 Å². The molecule has 0 saturated heterocycles. The van der Waals surface area contributed by atoms with Crippen molar-refractivity contribution in [3.8, 4) is 5.75 Å². The lowest BCUT2D eigenvalue weighted by Gasteiger charge is -2.16. The molecule has 174 valence electrons. The molecule has 1 aromatic heterocycles. The van der Waals surface area contributed by atoms with E-state index in [4.69, 9.17) is 15.6 Å². The van der Waals surface area contributed by atoms with Crippen molar-refractivity contribution in [1.82, 2.24) is 4.57 Å². The summed E-state index contributed by atoms with van der Waals surface area (Å²) in [6.07, 6.45) is 3.77. The van der Waals surface area contributed by atoms with Gasteiger partial charge in [0, 0.05) is 35.1 Å². The Kier molecular flexibility index (Phi) is 7.93. The first-order valence-electron chi connectivity index (χ1n) is 11.3. The molecular weight excluding hydrogens is 416 g/mol. The van der Waals surface area contributed by atoms with Gasteiger partial charge in [0.2, 0.25) is 5.91 Å². The van der Waals surface area contributed by atoms with Crippen molar-refractivity contribution in [2.24, 2.45) is 5.73 Å². The van der Waals surface area contributed by atoms with Gasteiger partial charge in [0.05, 0.1) is 13.0 Å². The van der Waals surface area contributed by atoms with E-state index < -0.39 is 5.97 Å². The Morgan fingerprint density at radius 2 is 1.94 bits per heavy atom. The molecule has 0 saturated carbocycles. The van der Waals surface area contributed by atoms with E-state index in [0.29, 0.717) is 26.0 Å². The highest BCUT2D eigenvalue weighted by molar-refractivity contribution is 5.95. The SMILES string of the molecule is C=CCc1c(OCCCC(=O)O)c(C)cc2c1c(CC(N)=O)c(CC)n2Cc1ccccc1. The maximum absolute atomic E-state index is 12.0. The summed E-state index contributed by atoms with van der Waals surface area (Å²) in [4.78, 5) is 22.9. The molecule has 3 rings (SSSR count). The maximum Gasteiger partial charge on any atom is 0.303 e. The number of nitrogens with zero attached hydrogens (tertiary/aromatic N) is 1. The fourth-order valence-corrected chi connectivity index (χ4v) is 4.50. The number of aryl methyl sites for hydroxylation is 1. The van der Waals surface area contributed by atoms with Gasteiger partial charge in [0.15, 0.2) is 0 Å². The molecule has 0 aliphatic rings. The lowest BCUT2D eigenvalue weighted by Crippen LogP contribution is -2.15. The predicted octanol–water partition coefficient (Wildman–Crippen LogP) is 4.56. The zero-order valence-corrected chi connectivity index (χ0v) is 19.4. The molecule has 3 N–H and O–H groups in total. The molecule has 6 nitrogen and oxygen atoms in total. The Labute approximate surface area is 194 Å². The van der Waals surface area contributed by atoms with Crippen LogP contribution in [-0.2, 0) is 35.4 Å². The van der Waals surface area contributed by atoms with E-state index in [2.05, 4.69) is 36.3 Å². The van der Waals surface area contributed by atoms with Gasteiger partial charge in [-0.1, -0.05) is 43.3 Å². The van der Waals surface area contributed by atoms with Crippen molar-refractivity contribution in [2.45, 2.75) is 52.5 Å². The number of carboxylic acids is 1. The first kappa shape index (κ1) is 24.1. The minimum atomic E-state index is -0.841. The quantitative estimate of drug-likeness (QED) is 0.314. The Balaban J connectivity index is 2.22. The number of aliphatic carboxylic acids is 1. The number of carbonyl (C=O) groups excluding carboxylic acids is 1. The van der Waals surface area contributed by atoms with Crippen LogP contribution in [0.3, 0.4) is 0 Å². The van der Waals surface area contributed by atoms with Crippen LogP contribution in [0, 0.1) is 6.92 Å². The van der Waals surface area contributed by atoms with Gasteiger partial charge in [-0.2, -0.15) is 0 Å². The highest BCUT2D eigenvalue weighted by Gasteiger charge is 2.23. The highest BCUT2D eigenvalue weighted by Crippen LogP contribution is 2.39. The van der Waals surface area contributed by atoms with Crippen LogP contribution < -0.4 is 10.5 Å². The van der Waals surface area contributed by atoms with Crippen molar-refractivity contribution in [3.63, 3.8) is 0 Å². The van der Waals surface area contributed by atoms with Crippen molar-refractivity contribution >= 4 is 22.8 Å². The average molecular weight is 449 g/mol. The number of fused-ring (bicyclic) bond motifs is 1. The standard InChI is InChI=1S/C27H32N2O4/c1-4-10-20-26-21(16-24(28)30)22(5-2)29(17-19-11-7-6-8-12-19)23(26)15-18(3)27(20)33-14-9-13-25(31)32/h4,6-8,11-12,15H,1,5,9-10,13-14,16-17H2,2-3H3,(H2,28,30)(H,31,32). The molecule has 6 heteroatoms. The number of nitrogens with two attached hydrogens (primary N) is 1. The Morgan fingerprint density at radius 1 is 1.21 bits per heavy atom. The summed E-state index contributed by atoms with van der Waals surface area (Å²) in [5.41, 5.74) is 11.8. The van der Waals surface area contributed by atoms with E-state index in [9.17, 15) is 9.59 Å². The number of amides is 1. The molecule has 0 aliphatic heterocycles. The van der Waals surface area contributed by atoms with E-state index in [-0.39, 0.29) is 18.7 Å². The molecule has 0 fully saturated rings. The maximum atomic E-state index is 12.0. The Hall–Kier alpha value is -3.54. The Bertz CT molecular complexity index is 1160. The molecule has 0 spiro atoms. The van der Waals surface area contributed by atoms with E-state index in [1.54, 1.807) is 0 Å². The van der Waals surface area contributed by atoms with Crippen molar-refractivity contribution in [2.75, 3.05) is 6.61 Å². The van der Waals surface area contributed by atoms with Crippen LogP contribution in [0.1, 0.15) is 47.7 Å². The van der Waals surface area contributed by atoms with Crippen LogP contribution >= 0.6 is 0 Å². The second-order valence-corrected chi connectivity index (χ2v) is 8.23. The third-order valence-electron chi connectivity index (χ3n) is 5.81. The van der Waals surface area contributed by atoms with Crippen molar-refractivity contribution in [3.05, 3.63) is 77.0 Å². The van der Waals surface area contributed by atoms with Gasteiger partial charge in [-0.25, -0.2) is 0 Å². The molecule has 3 aromatic rings. The lowest BCUT2D eigenvalue weighted by molar-refractivity contribution is -0.137. The number of carbonyl (C=O) groups is 2. The number of allylic oxidation sites excluding steroid dienone is 1. The fraction of sp³-hybridized carbons (Fsp3) is 0.333. The monoisotopic (exact) mass is 448 g/mol. The summed E-state index contributed by atoms with van der Waals surface area (Å²) in [5, 5.41) is 9.92. The normalized spacial score (nSPS) is 11.0. The number of hydrogen-bond donors (Lipinski definition) is 2. The minimum absolute atomic E-state index is 0.0540. The zero-order valence-electron chi connectivity index (χ0n) is 19.4. The number of aromatic nitrogens is 1. The van der Waals surface area contributed by atoms with Crippen LogP contribution in [0.25, 0.3) is 10.9 Å². The molecule has 2 aromatic carbocycles. The van der Waals surface area contributed by atoms with Crippen LogP contribution in [0.4, 0.5) is 0 Å². The average Bonchev–Trinajstić information content (AvgIpc) is 3.04. The van der Waals surface area contributed by atoms with E-state index in [0.717, 1.165) is 45.5 Å². The predicted molar refractivity (Wildman–Crippen MR) is 131 cm³/mol. The summed E-state index contributed by atoms with van der Waals surface area (Å²) in [6, 6.07) is 12.3. The number of carboxylic acid groups (broad SMARTS) is 1. The summed E-state index contributed by atoms with van der Waals surface area (Å²) in [5.74, 6) is -0.484. The van der Waals surface area contributed by atoms with Crippen molar-refractivity contribution in [1.29, 1.82) is 0 Å². The van der Waals surface area contributed by atoms with Gasteiger partial charge in [-0.05, 0) is 48.9 Å². The van der Waals surface area contributed by atoms with Crippen LogP contribution in [0.15, 0.2) is 49.1 Å². The first-order chi connectivity index (χ1) is 15.9. The van der Waals surface area contributed by atoms with Crippen LogP contribution in [0.5, 0.6) is 5.75 Å². The second kappa shape index (κ2) is 10.9. The van der Waals surface area contributed by atoms with Gasteiger partial charge in [-0.15, -0.1) is 6.58 Å². The first-order valence-corrected chi connectivity index (χ1v) is 11.3. The zero-order chi connectivity index (χ0) is 24.0. The molecule has 1 heterocycles. The van der Waals surface area contributed by atoms with Crippen LogP contribution in [-0.4, -0.2) is 28.2 Å². The van der Waals surface area contributed by atoms with Gasteiger partial charge < -0.3 is 20.1 Å². The van der Waals surface area contributed by atoms with Gasteiger partial charge >= 0.3 is 5.97 Å². The summed E-state index contributed by atoms with van der Waals surface area (Å²) < 4.78 is 8.38. The number of benzene rings is 2. The number of hydrogen-bond acceptors (Lipinski definition) is 3. The number of rotatable bonds is 12. The summed E-state index contributed by atoms with van der Waals surface area (Å²) in [7, 11) is 0. The molecule has 1 amide bonds. The molecular formula is C27H32N2O4. The van der Waals surface area contributed by atoms with E-state index in [1.165, 1.54) is 5.56 Å². The third-order valence-corrected chi connectivity index (χ3v) is 5.81. The highest BCUT2D eigenvalue weighted by atomic mass is 16.5. The molecule has 0 atom stereocenters. The molecule has 0 unspecified atom stereocenters. The lowest BCUT2D eigenvalue weighted by atomic mass is 9.96. The summed E-state index contributed by atoms with van der Waals surface area (Å²) >= 11 is 0. The molecule has 0 bridgehead atoms. The smallest absolute Gasteiger partial charge is 0.303 e. The molecule has 33 heavy (non-hydrogen) atoms. The fourth-order valence-electron chi connectivity index (χ4n) is 4.50. The molecule has 0 aliphatic carbocycles.